The van der Waals surface area contributed by atoms with Crippen molar-refractivity contribution in [2.45, 2.75) is 19.8 Å². The Morgan fingerprint density at radius 3 is 2.88 bits per heavy atom. The Morgan fingerprint density at radius 2 is 2.35 bits per heavy atom. The van der Waals surface area contributed by atoms with Gasteiger partial charge in [-0.05, 0) is 25.8 Å². The monoisotopic (exact) mass is 237 g/mol. The van der Waals surface area contributed by atoms with Crippen LogP contribution in [0.4, 0.5) is 11.5 Å². The third-order valence-electron chi connectivity index (χ3n) is 3.23. The van der Waals surface area contributed by atoms with Crippen LogP contribution >= 0.6 is 0 Å². The zero-order valence-electron chi connectivity index (χ0n) is 9.64. The molecule has 1 saturated carbocycles. The quantitative estimate of drug-likeness (QED) is 0.598. The number of aliphatic hydroxyl groups excluding tert-OH is 1. The van der Waals surface area contributed by atoms with Crippen LogP contribution in [0.5, 0.6) is 0 Å². The van der Waals surface area contributed by atoms with Crippen molar-refractivity contribution >= 4 is 11.5 Å². The molecular weight excluding hydrogens is 222 g/mol. The smallest absolute Gasteiger partial charge is 0.314 e. The van der Waals surface area contributed by atoms with E-state index in [4.69, 9.17) is 0 Å². The second-order valence-corrected chi connectivity index (χ2v) is 4.59. The second kappa shape index (κ2) is 4.29. The first-order valence-corrected chi connectivity index (χ1v) is 5.53. The van der Waals surface area contributed by atoms with Crippen molar-refractivity contribution in [3.63, 3.8) is 0 Å². The molecule has 0 bridgehead atoms. The van der Waals surface area contributed by atoms with Crippen LogP contribution in [0, 0.1) is 22.5 Å². The van der Waals surface area contributed by atoms with Crippen LogP contribution in [0.2, 0.25) is 0 Å². The van der Waals surface area contributed by atoms with Crippen molar-refractivity contribution in [3.05, 3.63) is 27.9 Å². The molecule has 1 aliphatic carbocycles. The summed E-state index contributed by atoms with van der Waals surface area (Å²) in [6.07, 6.45) is 3.45. The van der Waals surface area contributed by atoms with Crippen LogP contribution in [0.3, 0.4) is 0 Å². The van der Waals surface area contributed by atoms with Crippen LogP contribution in [0.15, 0.2) is 12.3 Å². The molecule has 1 fully saturated rings. The Balaban J connectivity index is 2.15. The summed E-state index contributed by atoms with van der Waals surface area (Å²) in [4.78, 5) is 14.5. The molecule has 0 atom stereocenters. The van der Waals surface area contributed by atoms with Crippen molar-refractivity contribution in [3.8, 4) is 0 Å². The minimum absolute atomic E-state index is 0.0150. The van der Waals surface area contributed by atoms with Crippen molar-refractivity contribution in [2.24, 2.45) is 5.41 Å². The summed E-state index contributed by atoms with van der Waals surface area (Å²) in [5.41, 5.74) is 0.502. The number of nitrogens with zero attached hydrogens (tertiary/aromatic N) is 2. The normalized spacial score (nSPS) is 16.6. The largest absolute Gasteiger partial charge is 0.396 e. The zero-order valence-corrected chi connectivity index (χ0v) is 9.64. The van der Waals surface area contributed by atoms with E-state index < -0.39 is 4.92 Å². The Morgan fingerprint density at radius 1 is 1.65 bits per heavy atom. The Labute approximate surface area is 98.8 Å². The summed E-state index contributed by atoms with van der Waals surface area (Å²) in [6, 6.07) is 1.61. The molecule has 1 aromatic rings. The molecule has 92 valence electrons. The first kappa shape index (κ1) is 11.8. The molecule has 6 nitrogen and oxygen atoms in total. The molecule has 0 saturated heterocycles. The van der Waals surface area contributed by atoms with E-state index in [1.165, 1.54) is 0 Å². The van der Waals surface area contributed by atoms with Gasteiger partial charge in [-0.3, -0.25) is 10.1 Å². The Hall–Kier alpha value is -1.69. The lowest BCUT2D eigenvalue weighted by molar-refractivity contribution is -0.384. The lowest BCUT2D eigenvalue weighted by atomic mass is 10.1. The lowest BCUT2D eigenvalue weighted by Gasteiger charge is -2.13. The van der Waals surface area contributed by atoms with E-state index in [9.17, 15) is 15.2 Å². The zero-order chi connectivity index (χ0) is 12.5. The van der Waals surface area contributed by atoms with Gasteiger partial charge in [-0.25, -0.2) is 4.98 Å². The fourth-order valence-electron chi connectivity index (χ4n) is 1.75. The molecule has 0 spiro atoms. The van der Waals surface area contributed by atoms with E-state index in [0.717, 1.165) is 12.8 Å². The molecule has 1 aliphatic rings. The van der Waals surface area contributed by atoms with Gasteiger partial charge in [-0.1, -0.05) is 0 Å². The summed E-state index contributed by atoms with van der Waals surface area (Å²) < 4.78 is 0. The molecule has 1 heterocycles. The summed E-state index contributed by atoms with van der Waals surface area (Å²) in [5.74, 6) is 0.287. The SMILES string of the molecule is Cc1ccnc(NCC2(CO)CC2)c1[N+](=O)[O-]. The highest BCUT2D eigenvalue weighted by molar-refractivity contribution is 5.59. The number of aliphatic hydroxyl groups is 1. The average Bonchev–Trinajstić information content (AvgIpc) is 3.06. The number of hydrogen-bond acceptors (Lipinski definition) is 5. The average molecular weight is 237 g/mol. The van der Waals surface area contributed by atoms with Gasteiger partial charge in [0.15, 0.2) is 0 Å². The van der Waals surface area contributed by atoms with E-state index in [1.807, 2.05) is 0 Å². The van der Waals surface area contributed by atoms with Gasteiger partial charge in [-0.2, -0.15) is 0 Å². The molecule has 0 radical (unpaired) electrons. The fourth-order valence-corrected chi connectivity index (χ4v) is 1.75. The molecule has 2 N–H and O–H groups in total. The second-order valence-electron chi connectivity index (χ2n) is 4.59. The third-order valence-corrected chi connectivity index (χ3v) is 3.23. The van der Waals surface area contributed by atoms with Gasteiger partial charge >= 0.3 is 5.69 Å². The fraction of sp³-hybridized carbons (Fsp3) is 0.545. The molecule has 2 rings (SSSR count). The highest BCUT2D eigenvalue weighted by Crippen LogP contribution is 2.45. The number of aromatic nitrogens is 1. The van der Waals surface area contributed by atoms with Crippen LogP contribution in [-0.4, -0.2) is 28.2 Å². The van der Waals surface area contributed by atoms with E-state index in [-0.39, 0.29) is 23.5 Å². The van der Waals surface area contributed by atoms with Gasteiger partial charge in [-0.15, -0.1) is 0 Å². The highest BCUT2D eigenvalue weighted by Gasteiger charge is 2.42. The molecule has 0 aromatic carbocycles. The predicted molar refractivity (Wildman–Crippen MR) is 62.9 cm³/mol. The highest BCUT2D eigenvalue weighted by atomic mass is 16.6. The van der Waals surface area contributed by atoms with Crippen LogP contribution in [-0.2, 0) is 0 Å². The Bertz CT molecular complexity index is 444. The third kappa shape index (κ3) is 2.36. The lowest BCUT2D eigenvalue weighted by Crippen LogP contribution is -2.20. The number of aryl methyl sites for hydroxylation is 1. The summed E-state index contributed by atoms with van der Waals surface area (Å²) in [7, 11) is 0. The van der Waals surface area contributed by atoms with Crippen molar-refractivity contribution < 1.29 is 10.0 Å². The van der Waals surface area contributed by atoms with Gasteiger partial charge in [0, 0.05) is 23.7 Å². The maximum Gasteiger partial charge on any atom is 0.314 e. The predicted octanol–water partition coefficient (Wildman–Crippen LogP) is 1.48. The molecule has 0 amide bonds. The van der Waals surface area contributed by atoms with Gasteiger partial charge in [0.25, 0.3) is 0 Å². The summed E-state index contributed by atoms with van der Waals surface area (Å²) in [6.45, 7) is 2.32. The van der Waals surface area contributed by atoms with Crippen LogP contribution < -0.4 is 5.32 Å². The number of anilines is 1. The van der Waals surface area contributed by atoms with E-state index in [0.29, 0.717) is 12.1 Å². The number of pyridine rings is 1. The summed E-state index contributed by atoms with van der Waals surface area (Å²) in [5, 5.41) is 23.1. The molecule has 0 unspecified atom stereocenters. The van der Waals surface area contributed by atoms with Crippen LogP contribution in [0.25, 0.3) is 0 Å². The van der Waals surface area contributed by atoms with Crippen molar-refractivity contribution in [1.29, 1.82) is 0 Å². The summed E-state index contributed by atoms with van der Waals surface area (Å²) >= 11 is 0. The number of nitro groups is 1. The molecule has 1 aromatic heterocycles. The Kier molecular flexibility index (Phi) is 2.97. The molecule has 0 aliphatic heterocycles. The van der Waals surface area contributed by atoms with Crippen molar-refractivity contribution in [1.82, 2.24) is 4.98 Å². The molecular formula is C11H15N3O3. The van der Waals surface area contributed by atoms with E-state index in [1.54, 1.807) is 19.2 Å². The number of rotatable bonds is 5. The van der Waals surface area contributed by atoms with Crippen LogP contribution in [0.1, 0.15) is 18.4 Å². The van der Waals surface area contributed by atoms with E-state index in [2.05, 4.69) is 10.3 Å². The molecule has 6 heteroatoms. The maximum absolute atomic E-state index is 10.9. The topological polar surface area (TPSA) is 88.3 Å². The minimum Gasteiger partial charge on any atom is -0.396 e. The van der Waals surface area contributed by atoms with Crippen molar-refractivity contribution in [2.75, 3.05) is 18.5 Å². The standard InChI is InChI=1S/C11H15N3O3/c1-8-2-5-12-10(9(8)14(16)17)13-6-11(7-15)3-4-11/h2,5,15H,3-4,6-7H2,1H3,(H,12,13). The van der Waals surface area contributed by atoms with Gasteiger partial charge in [0.05, 0.1) is 11.5 Å². The molecule has 17 heavy (non-hydrogen) atoms. The van der Waals surface area contributed by atoms with Gasteiger partial charge in [0.2, 0.25) is 5.82 Å². The van der Waals surface area contributed by atoms with E-state index >= 15 is 0 Å². The first-order valence-electron chi connectivity index (χ1n) is 5.53. The van der Waals surface area contributed by atoms with Gasteiger partial charge < -0.3 is 10.4 Å². The van der Waals surface area contributed by atoms with Gasteiger partial charge in [0.1, 0.15) is 0 Å². The number of nitrogens with one attached hydrogen (secondary N) is 1. The maximum atomic E-state index is 10.9. The first-order chi connectivity index (χ1) is 8.08. The number of hydrogen-bond donors (Lipinski definition) is 2. The minimum atomic E-state index is -0.427.